The van der Waals surface area contributed by atoms with E-state index >= 15 is 0 Å². The number of thiazole rings is 1. The average molecular weight is 397 g/mol. The van der Waals surface area contributed by atoms with Gasteiger partial charge in [-0.3, -0.25) is 14.6 Å². The summed E-state index contributed by atoms with van der Waals surface area (Å²) >= 11 is 1.31. The topological polar surface area (TPSA) is 107 Å². The number of amides is 2. The number of pyridine rings is 1. The third kappa shape index (κ3) is 4.70. The monoisotopic (exact) mass is 397 g/mol. The van der Waals surface area contributed by atoms with Gasteiger partial charge in [-0.15, -0.1) is 11.3 Å². The van der Waals surface area contributed by atoms with Crippen LogP contribution in [-0.4, -0.2) is 47.1 Å². The standard InChI is InChI=1S/C19H19N5O3S/c1-24(9-10-25)19-23-16(12-28-19)18(27)22-15-7-3-2-6-14(15)17(26)21-13-5-4-8-20-11-13/h2-8,11-12,25H,9-10H2,1H3,(H,21,26)(H,22,27). The van der Waals surface area contributed by atoms with Crippen LogP contribution in [0.25, 0.3) is 0 Å². The van der Waals surface area contributed by atoms with Gasteiger partial charge in [-0.1, -0.05) is 12.1 Å². The first-order chi connectivity index (χ1) is 13.6. The molecule has 2 heterocycles. The predicted octanol–water partition coefficient (Wildman–Crippen LogP) is 2.47. The van der Waals surface area contributed by atoms with E-state index in [4.69, 9.17) is 5.11 Å². The van der Waals surface area contributed by atoms with Gasteiger partial charge in [-0.2, -0.15) is 0 Å². The third-order valence-corrected chi connectivity index (χ3v) is 4.78. The number of aromatic nitrogens is 2. The number of para-hydroxylation sites is 1. The third-order valence-electron chi connectivity index (χ3n) is 3.83. The molecule has 9 heteroatoms. The van der Waals surface area contributed by atoms with Crippen molar-refractivity contribution in [1.29, 1.82) is 0 Å². The van der Waals surface area contributed by atoms with Crippen molar-refractivity contribution in [1.82, 2.24) is 9.97 Å². The number of anilines is 3. The molecule has 2 aromatic heterocycles. The number of aliphatic hydroxyl groups is 1. The van der Waals surface area contributed by atoms with Gasteiger partial charge in [0.25, 0.3) is 11.8 Å². The van der Waals surface area contributed by atoms with E-state index in [1.54, 1.807) is 66.1 Å². The minimum absolute atomic E-state index is 0.00295. The highest BCUT2D eigenvalue weighted by Crippen LogP contribution is 2.22. The smallest absolute Gasteiger partial charge is 0.275 e. The number of benzene rings is 1. The number of nitrogens with zero attached hydrogens (tertiary/aromatic N) is 3. The summed E-state index contributed by atoms with van der Waals surface area (Å²) in [7, 11) is 1.79. The Bertz CT molecular complexity index is 961. The molecule has 0 saturated carbocycles. The lowest BCUT2D eigenvalue weighted by molar-refractivity contribution is 0.102. The predicted molar refractivity (Wildman–Crippen MR) is 109 cm³/mol. The van der Waals surface area contributed by atoms with Crippen molar-refractivity contribution in [2.75, 3.05) is 35.7 Å². The lowest BCUT2D eigenvalue weighted by atomic mass is 10.1. The van der Waals surface area contributed by atoms with Crippen molar-refractivity contribution in [2.24, 2.45) is 0 Å². The normalized spacial score (nSPS) is 10.4. The van der Waals surface area contributed by atoms with E-state index in [0.717, 1.165) is 0 Å². The molecular formula is C19H19N5O3S. The number of hydrogen-bond donors (Lipinski definition) is 3. The highest BCUT2D eigenvalue weighted by molar-refractivity contribution is 7.13. The highest BCUT2D eigenvalue weighted by Gasteiger charge is 2.17. The van der Waals surface area contributed by atoms with Crippen LogP contribution in [0.2, 0.25) is 0 Å². The summed E-state index contributed by atoms with van der Waals surface area (Å²) in [6.45, 7) is 0.420. The zero-order valence-electron chi connectivity index (χ0n) is 15.1. The molecule has 0 bridgehead atoms. The van der Waals surface area contributed by atoms with Crippen LogP contribution in [0, 0.1) is 0 Å². The summed E-state index contributed by atoms with van der Waals surface area (Å²) in [6, 6.07) is 10.2. The number of carbonyl (C=O) groups excluding carboxylic acids is 2. The zero-order valence-corrected chi connectivity index (χ0v) is 15.9. The molecule has 0 atom stereocenters. The molecule has 1 aromatic carbocycles. The Labute approximate surface area is 165 Å². The van der Waals surface area contributed by atoms with E-state index in [1.807, 2.05) is 0 Å². The first kappa shape index (κ1) is 19.5. The van der Waals surface area contributed by atoms with Crippen LogP contribution in [0.3, 0.4) is 0 Å². The second kappa shape index (κ2) is 9.07. The van der Waals surface area contributed by atoms with Crippen LogP contribution < -0.4 is 15.5 Å². The average Bonchev–Trinajstić information content (AvgIpc) is 3.20. The molecule has 0 aliphatic heterocycles. The van der Waals surface area contributed by atoms with Gasteiger partial charge in [0.15, 0.2) is 5.13 Å². The van der Waals surface area contributed by atoms with Gasteiger partial charge in [-0.05, 0) is 24.3 Å². The molecular weight excluding hydrogens is 378 g/mol. The number of hydrogen-bond acceptors (Lipinski definition) is 7. The molecule has 0 unspecified atom stereocenters. The van der Waals surface area contributed by atoms with E-state index in [9.17, 15) is 9.59 Å². The van der Waals surface area contributed by atoms with Gasteiger partial charge in [0.2, 0.25) is 0 Å². The van der Waals surface area contributed by atoms with Gasteiger partial charge in [0.1, 0.15) is 5.69 Å². The van der Waals surface area contributed by atoms with Crippen molar-refractivity contribution >= 4 is 39.7 Å². The molecule has 0 spiro atoms. The SMILES string of the molecule is CN(CCO)c1nc(C(=O)Nc2ccccc2C(=O)Nc2cccnc2)cs1. The fraction of sp³-hybridized carbons (Fsp3) is 0.158. The van der Waals surface area contributed by atoms with Crippen molar-refractivity contribution in [3.8, 4) is 0 Å². The maximum Gasteiger partial charge on any atom is 0.275 e. The number of carbonyl (C=O) groups is 2. The largest absolute Gasteiger partial charge is 0.395 e. The van der Waals surface area contributed by atoms with Crippen LogP contribution in [0.5, 0.6) is 0 Å². The Kier molecular flexibility index (Phi) is 6.30. The number of likely N-dealkylation sites (N-methyl/N-ethyl adjacent to an activating group) is 1. The van der Waals surface area contributed by atoms with Crippen LogP contribution in [0.15, 0.2) is 54.2 Å². The summed E-state index contributed by atoms with van der Waals surface area (Å²) < 4.78 is 0. The van der Waals surface area contributed by atoms with E-state index in [2.05, 4.69) is 20.6 Å². The van der Waals surface area contributed by atoms with Crippen molar-refractivity contribution < 1.29 is 14.7 Å². The Morgan fingerprint density at radius 1 is 1.14 bits per heavy atom. The molecule has 3 N–H and O–H groups in total. The first-order valence-corrected chi connectivity index (χ1v) is 9.35. The maximum atomic E-state index is 12.6. The fourth-order valence-electron chi connectivity index (χ4n) is 2.40. The van der Waals surface area contributed by atoms with E-state index in [0.29, 0.717) is 28.6 Å². The maximum absolute atomic E-state index is 12.6. The van der Waals surface area contributed by atoms with Crippen LogP contribution in [0.1, 0.15) is 20.8 Å². The Morgan fingerprint density at radius 2 is 1.96 bits per heavy atom. The number of rotatable bonds is 7. The summed E-state index contributed by atoms with van der Waals surface area (Å²) in [5.74, 6) is -0.771. The van der Waals surface area contributed by atoms with Gasteiger partial charge in [0, 0.05) is 25.2 Å². The Hall–Kier alpha value is -3.30. The van der Waals surface area contributed by atoms with E-state index in [-0.39, 0.29) is 18.2 Å². The molecule has 0 aliphatic carbocycles. The molecule has 0 aliphatic rings. The van der Waals surface area contributed by atoms with Crippen LogP contribution in [0.4, 0.5) is 16.5 Å². The Morgan fingerprint density at radius 3 is 2.71 bits per heavy atom. The number of nitrogens with one attached hydrogen (secondary N) is 2. The summed E-state index contributed by atoms with van der Waals surface area (Å²) in [5.41, 5.74) is 1.51. The van der Waals surface area contributed by atoms with Crippen LogP contribution in [-0.2, 0) is 0 Å². The molecule has 28 heavy (non-hydrogen) atoms. The van der Waals surface area contributed by atoms with Gasteiger partial charge < -0.3 is 20.6 Å². The fourth-order valence-corrected chi connectivity index (χ4v) is 3.20. The molecule has 0 radical (unpaired) electrons. The quantitative estimate of drug-likeness (QED) is 0.565. The summed E-state index contributed by atoms with van der Waals surface area (Å²) in [5, 5.41) is 16.8. The second-order valence-electron chi connectivity index (χ2n) is 5.86. The van der Waals surface area contributed by atoms with Gasteiger partial charge in [-0.25, -0.2) is 4.98 Å². The highest BCUT2D eigenvalue weighted by atomic mass is 32.1. The molecule has 2 amide bonds. The zero-order chi connectivity index (χ0) is 19.9. The molecule has 144 valence electrons. The second-order valence-corrected chi connectivity index (χ2v) is 6.69. The minimum atomic E-state index is -0.415. The molecule has 8 nitrogen and oxygen atoms in total. The Balaban J connectivity index is 1.74. The molecule has 3 rings (SSSR count). The molecule has 0 fully saturated rings. The van der Waals surface area contributed by atoms with Crippen molar-refractivity contribution in [2.45, 2.75) is 0 Å². The number of aliphatic hydroxyl groups excluding tert-OH is 1. The van der Waals surface area contributed by atoms with E-state index in [1.165, 1.54) is 11.3 Å². The van der Waals surface area contributed by atoms with E-state index < -0.39 is 5.91 Å². The van der Waals surface area contributed by atoms with Crippen molar-refractivity contribution in [3.05, 3.63) is 65.4 Å². The lowest BCUT2D eigenvalue weighted by Gasteiger charge is -2.13. The first-order valence-electron chi connectivity index (χ1n) is 8.48. The molecule has 0 saturated heterocycles. The minimum Gasteiger partial charge on any atom is -0.395 e. The van der Waals surface area contributed by atoms with Gasteiger partial charge >= 0.3 is 0 Å². The lowest BCUT2D eigenvalue weighted by Crippen LogP contribution is -2.21. The van der Waals surface area contributed by atoms with Crippen molar-refractivity contribution in [3.63, 3.8) is 0 Å². The summed E-state index contributed by atoms with van der Waals surface area (Å²) in [4.78, 5) is 35.1. The summed E-state index contributed by atoms with van der Waals surface area (Å²) in [6.07, 6.45) is 3.16. The van der Waals surface area contributed by atoms with Gasteiger partial charge in [0.05, 0.1) is 29.7 Å². The van der Waals surface area contributed by atoms with Crippen LogP contribution >= 0.6 is 11.3 Å². The molecule has 3 aromatic rings.